The molecule has 5 nitrogen and oxygen atoms in total. The summed E-state index contributed by atoms with van der Waals surface area (Å²) in [5.74, 6) is -1.32. The summed E-state index contributed by atoms with van der Waals surface area (Å²) in [5.41, 5.74) is 1.27. The molecule has 1 amide bonds. The summed E-state index contributed by atoms with van der Waals surface area (Å²) in [6, 6.07) is 2.87. The van der Waals surface area contributed by atoms with E-state index in [1.165, 1.54) is 11.9 Å². The van der Waals surface area contributed by atoms with Crippen LogP contribution in [-0.4, -0.2) is 40.0 Å². The zero-order valence-corrected chi connectivity index (χ0v) is 14.7. The van der Waals surface area contributed by atoms with E-state index in [0.717, 1.165) is 19.8 Å². The average molecular weight is 418 g/mol. The van der Waals surface area contributed by atoms with Gasteiger partial charge in [-0.1, -0.05) is 6.92 Å². The highest BCUT2D eigenvalue weighted by Crippen LogP contribution is 2.30. The molecular formula is C14H14Br2N2O3. The Kier molecular flexibility index (Phi) is 4.73. The Balaban J connectivity index is 2.44. The summed E-state index contributed by atoms with van der Waals surface area (Å²) in [5, 5.41) is 9.92. The van der Waals surface area contributed by atoms with Crippen molar-refractivity contribution in [1.29, 1.82) is 0 Å². The number of carboxylic acid groups (broad SMARTS) is 1. The maximum Gasteiger partial charge on any atom is 0.326 e. The van der Waals surface area contributed by atoms with Crippen LogP contribution in [0.4, 0.5) is 0 Å². The van der Waals surface area contributed by atoms with E-state index in [0.29, 0.717) is 12.0 Å². The zero-order valence-electron chi connectivity index (χ0n) is 11.5. The monoisotopic (exact) mass is 416 g/mol. The molecule has 1 aromatic carbocycles. The van der Waals surface area contributed by atoms with Gasteiger partial charge in [0.15, 0.2) is 0 Å². The van der Waals surface area contributed by atoms with Gasteiger partial charge < -0.3 is 15.0 Å². The molecular weight excluding hydrogens is 404 g/mol. The van der Waals surface area contributed by atoms with Crippen LogP contribution in [0.1, 0.15) is 23.7 Å². The maximum absolute atomic E-state index is 12.5. The fourth-order valence-corrected chi connectivity index (χ4v) is 2.93. The van der Waals surface area contributed by atoms with E-state index in [4.69, 9.17) is 5.11 Å². The van der Waals surface area contributed by atoms with E-state index in [-0.39, 0.29) is 5.91 Å². The number of aromatic nitrogens is 1. The van der Waals surface area contributed by atoms with E-state index < -0.39 is 12.0 Å². The van der Waals surface area contributed by atoms with Gasteiger partial charge in [0.2, 0.25) is 0 Å². The summed E-state index contributed by atoms with van der Waals surface area (Å²) < 4.78 is 1.71. The molecule has 112 valence electrons. The summed E-state index contributed by atoms with van der Waals surface area (Å²) >= 11 is 6.81. The zero-order chi connectivity index (χ0) is 15.7. The highest BCUT2D eigenvalue weighted by molar-refractivity contribution is 9.13. The Bertz CT molecular complexity index is 712. The van der Waals surface area contributed by atoms with E-state index in [1.807, 2.05) is 12.1 Å². The molecule has 1 atom stereocenters. The molecule has 0 bridgehead atoms. The van der Waals surface area contributed by atoms with Gasteiger partial charge in [0.05, 0.1) is 5.56 Å². The topological polar surface area (TPSA) is 73.4 Å². The van der Waals surface area contributed by atoms with Crippen molar-refractivity contribution in [3.63, 3.8) is 0 Å². The number of carbonyl (C=O) groups is 2. The number of hydrogen-bond acceptors (Lipinski definition) is 2. The number of H-pyrrole nitrogens is 1. The van der Waals surface area contributed by atoms with Crippen molar-refractivity contribution >= 4 is 54.6 Å². The number of hydrogen-bond donors (Lipinski definition) is 2. The second-order valence-electron chi connectivity index (χ2n) is 4.69. The van der Waals surface area contributed by atoms with Gasteiger partial charge >= 0.3 is 5.97 Å². The fourth-order valence-electron chi connectivity index (χ4n) is 2.24. The highest BCUT2D eigenvalue weighted by atomic mass is 79.9. The molecule has 0 aliphatic rings. The summed E-state index contributed by atoms with van der Waals surface area (Å²) in [7, 11) is 1.51. The predicted molar refractivity (Wildman–Crippen MR) is 87.5 cm³/mol. The van der Waals surface area contributed by atoms with E-state index in [1.54, 1.807) is 13.1 Å². The first-order chi connectivity index (χ1) is 9.86. The van der Waals surface area contributed by atoms with Crippen LogP contribution < -0.4 is 0 Å². The lowest BCUT2D eigenvalue weighted by Gasteiger charge is -2.23. The van der Waals surface area contributed by atoms with Crippen molar-refractivity contribution in [3.05, 3.63) is 32.8 Å². The third kappa shape index (κ3) is 2.98. The number of fused-ring (bicyclic) bond motifs is 1. The molecule has 2 rings (SSSR count). The van der Waals surface area contributed by atoms with Gasteiger partial charge in [-0.2, -0.15) is 0 Å². The number of carboxylic acids is 1. The van der Waals surface area contributed by atoms with Crippen LogP contribution in [-0.2, 0) is 4.79 Å². The lowest BCUT2D eigenvalue weighted by atomic mass is 10.1. The molecule has 1 heterocycles. The van der Waals surface area contributed by atoms with Gasteiger partial charge in [-0.15, -0.1) is 0 Å². The molecule has 0 fully saturated rings. The first kappa shape index (κ1) is 16.0. The van der Waals surface area contributed by atoms with Gasteiger partial charge in [0, 0.05) is 33.1 Å². The van der Waals surface area contributed by atoms with E-state index >= 15 is 0 Å². The Morgan fingerprint density at radius 3 is 2.52 bits per heavy atom. The Labute approximate surface area is 138 Å². The molecule has 2 aromatic rings. The number of likely N-dealkylation sites (N-methyl/N-ethyl adjacent to an activating group) is 1. The minimum atomic E-state index is -1.00. The van der Waals surface area contributed by atoms with Gasteiger partial charge in [-0.3, -0.25) is 4.79 Å². The molecule has 1 aromatic heterocycles. The standard InChI is InChI=1S/C14H14Br2N2O3/c1-3-12(14(20)21)18(2)13(19)8-6-17-11-5-10(16)9(15)4-7(8)11/h4-6,12,17H,3H2,1-2H3,(H,20,21). The number of nitrogens with zero attached hydrogens (tertiary/aromatic N) is 1. The maximum atomic E-state index is 12.5. The molecule has 0 spiro atoms. The minimum absolute atomic E-state index is 0.315. The van der Waals surface area contributed by atoms with Crippen LogP contribution in [0.15, 0.2) is 27.3 Å². The lowest BCUT2D eigenvalue weighted by molar-refractivity contribution is -0.142. The highest BCUT2D eigenvalue weighted by Gasteiger charge is 2.27. The molecule has 21 heavy (non-hydrogen) atoms. The van der Waals surface area contributed by atoms with Crippen LogP contribution in [0.2, 0.25) is 0 Å². The van der Waals surface area contributed by atoms with Crippen molar-refractivity contribution in [2.75, 3.05) is 7.05 Å². The van der Waals surface area contributed by atoms with Crippen molar-refractivity contribution in [3.8, 4) is 0 Å². The summed E-state index contributed by atoms with van der Waals surface area (Å²) in [4.78, 5) is 28.0. The molecule has 0 saturated carbocycles. The second kappa shape index (κ2) is 6.19. The normalized spacial score (nSPS) is 12.4. The Morgan fingerprint density at radius 1 is 1.33 bits per heavy atom. The molecule has 0 saturated heterocycles. The summed E-state index contributed by atoms with van der Waals surface area (Å²) in [6.45, 7) is 1.74. The Morgan fingerprint density at radius 2 is 1.95 bits per heavy atom. The molecule has 7 heteroatoms. The van der Waals surface area contributed by atoms with Crippen LogP contribution in [0.5, 0.6) is 0 Å². The number of halogens is 2. The number of rotatable bonds is 4. The molecule has 1 unspecified atom stereocenters. The van der Waals surface area contributed by atoms with E-state index in [9.17, 15) is 9.59 Å². The van der Waals surface area contributed by atoms with Crippen molar-refractivity contribution < 1.29 is 14.7 Å². The molecule has 2 N–H and O–H groups in total. The van der Waals surface area contributed by atoms with Crippen LogP contribution >= 0.6 is 31.9 Å². The van der Waals surface area contributed by atoms with Crippen LogP contribution in [0.3, 0.4) is 0 Å². The first-order valence-electron chi connectivity index (χ1n) is 6.32. The van der Waals surface area contributed by atoms with Crippen LogP contribution in [0.25, 0.3) is 10.9 Å². The number of carbonyl (C=O) groups excluding carboxylic acids is 1. The number of nitrogens with one attached hydrogen (secondary N) is 1. The van der Waals surface area contributed by atoms with Crippen molar-refractivity contribution in [1.82, 2.24) is 9.88 Å². The van der Waals surface area contributed by atoms with Gasteiger partial charge in [0.25, 0.3) is 5.91 Å². The van der Waals surface area contributed by atoms with Gasteiger partial charge in [-0.05, 0) is 50.4 Å². The van der Waals surface area contributed by atoms with Crippen LogP contribution in [0, 0.1) is 0 Å². The third-order valence-corrected chi connectivity index (χ3v) is 5.26. The van der Waals surface area contributed by atoms with Crippen molar-refractivity contribution in [2.45, 2.75) is 19.4 Å². The van der Waals surface area contributed by atoms with Crippen molar-refractivity contribution in [2.24, 2.45) is 0 Å². The SMILES string of the molecule is CCC(C(=O)O)N(C)C(=O)c1c[nH]c2cc(Br)c(Br)cc12. The average Bonchev–Trinajstić information content (AvgIpc) is 2.81. The predicted octanol–water partition coefficient (Wildman–Crippen LogP) is 3.63. The first-order valence-corrected chi connectivity index (χ1v) is 7.91. The number of amides is 1. The number of aliphatic carboxylic acids is 1. The molecule has 0 radical (unpaired) electrons. The minimum Gasteiger partial charge on any atom is -0.480 e. The Hall–Kier alpha value is -1.34. The largest absolute Gasteiger partial charge is 0.480 e. The quantitative estimate of drug-likeness (QED) is 0.797. The summed E-state index contributed by atoms with van der Waals surface area (Å²) in [6.07, 6.45) is 1.96. The number of aromatic amines is 1. The molecule has 0 aliphatic carbocycles. The second-order valence-corrected chi connectivity index (χ2v) is 6.40. The molecule has 0 aliphatic heterocycles. The smallest absolute Gasteiger partial charge is 0.326 e. The van der Waals surface area contributed by atoms with E-state index in [2.05, 4.69) is 36.8 Å². The fraction of sp³-hybridized carbons (Fsp3) is 0.286. The third-order valence-electron chi connectivity index (χ3n) is 3.41. The lowest BCUT2D eigenvalue weighted by Crippen LogP contribution is -2.41. The number of benzene rings is 1. The van der Waals surface area contributed by atoms with Gasteiger partial charge in [0.1, 0.15) is 6.04 Å². The van der Waals surface area contributed by atoms with Gasteiger partial charge in [-0.25, -0.2) is 4.79 Å².